The van der Waals surface area contributed by atoms with Gasteiger partial charge in [0.1, 0.15) is 11.2 Å². The zero-order chi connectivity index (χ0) is 21.7. The van der Waals surface area contributed by atoms with Crippen molar-refractivity contribution in [2.24, 2.45) is 0 Å². The molecule has 2 unspecified atom stereocenters. The molecule has 0 saturated carbocycles. The third-order valence-electron chi connectivity index (χ3n) is 5.14. The van der Waals surface area contributed by atoms with Gasteiger partial charge < -0.3 is 25.2 Å². The van der Waals surface area contributed by atoms with Crippen molar-refractivity contribution in [2.45, 2.75) is 76.7 Å². The number of piperidine rings is 1. The first-order valence-electron chi connectivity index (χ1n) is 10.2. The summed E-state index contributed by atoms with van der Waals surface area (Å²) in [5.74, 6) is -0.444. The minimum absolute atomic E-state index is 0.0331. The van der Waals surface area contributed by atoms with Gasteiger partial charge in [-0.15, -0.1) is 0 Å². The zero-order valence-electron chi connectivity index (χ0n) is 17.9. The van der Waals surface area contributed by atoms with Gasteiger partial charge in [-0.1, -0.05) is 30.3 Å². The van der Waals surface area contributed by atoms with Crippen LogP contribution in [0.1, 0.15) is 65.0 Å². The highest BCUT2D eigenvalue weighted by molar-refractivity contribution is 5.86. The highest BCUT2D eigenvalue weighted by Gasteiger charge is 2.45. The second-order valence-electron chi connectivity index (χ2n) is 8.81. The Hall–Kier alpha value is -2.12. The van der Waals surface area contributed by atoms with E-state index in [0.29, 0.717) is 12.8 Å². The monoisotopic (exact) mass is 406 g/mol. The van der Waals surface area contributed by atoms with Crippen molar-refractivity contribution in [3.05, 3.63) is 35.9 Å². The van der Waals surface area contributed by atoms with Crippen molar-refractivity contribution in [1.29, 1.82) is 0 Å². The Balaban J connectivity index is 2.05. The largest absolute Gasteiger partial charge is 0.444 e. The fraction of sp³-hybridized carbons (Fsp3) is 0.636. The fourth-order valence-corrected chi connectivity index (χ4v) is 3.62. The summed E-state index contributed by atoms with van der Waals surface area (Å²) in [5, 5.41) is 23.2. The van der Waals surface area contributed by atoms with Gasteiger partial charge in [0.25, 0.3) is 5.91 Å². The SMILES string of the molecule is CC1CC(O)(C(=O)N[C@@H](CCCO)c2ccccc2)CCN1C(=O)OC(C)(C)C. The summed E-state index contributed by atoms with van der Waals surface area (Å²) in [6.45, 7) is 7.50. The minimum Gasteiger partial charge on any atom is -0.444 e. The van der Waals surface area contributed by atoms with E-state index in [4.69, 9.17) is 4.74 Å². The van der Waals surface area contributed by atoms with Crippen LogP contribution < -0.4 is 5.32 Å². The highest BCUT2D eigenvalue weighted by Crippen LogP contribution is 2.30. The van der Waals surface area contributed by atoms with E-state index in [0.717, 1.165) is 5.56 Å². The van der Waals surface area contributed by atoms with E-state index in [1.807, 2.05) is 37.3 Å². The molecule has 3 N–H and O–H groups in total. The lowest BCUT2D eigenvalue weighted by Crippen LogP contribution is -2.58. The molecule has 3 atom stereocenters. The van der Waals surface area contributed by atoms with Gasteiger partial charge >= 0.3 is 6.09 Å². The predicted octanol–water partition coefficient (Wildman–Crippen LogP) is 2.77. The average Bonchev–Trinajstić information content (AvgIpc) is 2.64. The quantitative estimate of drug-likeness (QED) is 0.675. The van der Waals surface area contributed by atoms with E-state index in [-0.39, 0.29) is 38.1 Å². The molecule has 0 spiro atoms. The smallest absolute Gasteiger partial charge is 0.410 e. The Kier molecular flexibility index (Phi) is 7.66. The van der Waals surface area contributed by atoms with Gasteiger partial charge in [0.2, 0.25) is 0 Å². The van der Waals surface area contributed by atoms with Crippen LogP contribution in [0.5, 0.6) is 0 Å². The van der Waals surface area contributed by atoms with Crippen LogP contribution in [0, 0.1) is 0 Å². The number of benzene rings is 1. The molecule has 1 heterocycles. The number of carbonyl (C=O) groups is 2. The van der Waals surface area contributed by atoms with Gasteiger partial charge in [0.05, 0.1) is 6.04 Å². The van der Waals surface area contributed by atoms with E-state index >= 15 is 0 Å². The molecule has 1 fully saturated rings. The summed E-state index contributed by atoms with van der Waals surface area (Å²) < 4.78 is 5.42. The van der Waals surface area contributed by atoms with Crippen molar-refractivity contribution < 1.29 is 24.5 Å². The van der Waals surface area contributed by atoms with Crippen LogP contribution in [0.15, 0.2) is 30.3 Å². The summed E-state index contributed by atoms with van der Waals surface area (Å²) in [5.41, 5.74) is -1.22. The molecule has 162 valence electrons. The molecular formula is C22H34N2O5. The van der Waals surface area contributed by atoms with Crippen LogP contribution in [0.4, 0.5) is 4.79 Å². The average molecular weight is 407 g/mol. The van der Waals surface area contributed by atoms with Crippen molar-refractivity contribution in [3.8, 4) is 0 Å². The van der Waals surface area contributed by atoms with Gasteiger partial charge in [0, 0.05) is 32.0 Å². The number of hydrogen-bond acceptors (Lipinski definition) is 5. The molecule has 2 rings (SSSR count). The molecule has 0 aliphatic carbocycles. The maximum Gasteiger partial charge on any atom is 0.410 e. The highest BCUT2D eigenvalue weighted by atomic mass is 16.6. The van der Waals surface area contributed by atoms with Gasteiger partial charge in [-0.3, -0.25) is 4.79 Å². The molecule has 0 radical (unpaired) electrons. The van der Waals surface area contributed by atoms with Crippen molar-refractivity contribution in [2.75, 3.05) is 13.2 Å². The lowest BCUT2D eigenvalue weighted by atomic mass is 9.85. The number of carbonyl (C=O) groups excluding carboxylic acids is 2. The Morgan fingerprint density at radius 1 is 1.31 bits per heavy atom. The van der Waals surface area contributed by atoms with Crippen LogP contribution in [-0.4, -0.2) is 57.5 Å². The van der Waals surface area contributed by atoms with E-state index in [1.165, 1.54) is 0 Å². The standard InChI is InChI=1S/C22H34N2O5/c1-16-15-22(28,12-13-24(16)20(27)29-21(2,3)4)19(26)23-18(11-8-14-25)17-9-6-5-7-10-17/h5-7,9-10,16,18,25,28H,8,11-15H2,1-4H3,(H,23,26)/t16?,18-,22?/m0/s1. The third-order valence-corrected chi connectivity index (χ3v) is 5.14. The molecule has 7 nitrogen and oxygen atoms in total. The molecule has 0 aromatic heterocycles. The number of likely N-dealkylation sites (tertiary alicyclic amines) is 1. The number of aliphatic hydroxyl groups excluding tert-OH is 1. The molecule has 1 aliphatic rings. The second-order valence-corrected chi connectivity index (χ2v) is 8.81. The molecule has 29 heavy (non-hydrogen) atoms. The van der Waals surface area contributed by atoms with E-state index in [2.05, 4.69) is 5.32 Å². The van der Waals surface area contributed by atoms with E-state index in [9.17, 15) is 19.8 Å². The number of rotatable bonds is 6. The van der Waals surface area contributed by atoms with Gasteiger partial charge in [-0.2, -0.15) is 0 Å². The van der Waals surface area contributed by atoms with E-state index in [1.54, 1.807) is 25.7 Å². The molecular weight excluding hydrogens is 372 g/mol. The predicted molar refractivity (Wildman–Crippen MR) is 110 cm³/mol. The van der Waals surface area contributed by atoms with Crippen LogP contribution in [0.2, 0.25) is 0 Å². The van der Waals surface area contributed by atoms with Gasteiger partial charge in [-0.05, 0) is 46.1 Å². The number of aliphatic hydroxyl groups is 2. The first kappa shape index (κ1) is 23.2. The van der Waals surface area contributed by atoms with Crippen LogP contribution in [0.3, 0.4) is 0 Å². The minimum atomic E-state index is -1.55. The Morgan fingerprint density at radius 2 is 1.97 bits per heavy atom. The number of ether oxygens (including phenoxy) is 1. The first-order chi connectivity index (χ1) is 13.6. The second kappa shape index (κ2) is 9.59. The Bertz CT molecular complexity index is 688. The number of hydrogen-bond donors (Lipinski definition) is 3. The fourth-order valence-electron chi connectivity index (χ4n) is 3.62. The van der Waals surface area contributed by atoms with Crippen LogP contribution in [0.25, 0.3) is 0 Å². The summed E-state index contributed by atoms with van der Waals surface area (Å²) in [4.78, 5) is 26.9. The molecule has 1 aromatic carbocycles. The lowest BCUT2D eigenvalue weighted by Gasteiger charge is -2.42. The number of nitrogens with zero attached hydrogens (tertiary/aromatic N) is 1. The topological polar surface area (TPSA) is 99.1 Å². The normalized spacial score (nSPS) is 23.4. The number of nitrogens with one attached hydrogen (secondary N) is 1. The first-order valence-corrected chi connectivity index (χ1v) is 10.2. The van der Waals surface area contributed by atoms with Crippen LogP contribution >= 0.6 is 0 Å². The molecule has 0 bridgehead atoms. The molecule has 1 saturated heterocycles. The summed E-state index contributed by atoms with van der Waals surface area (Å²) >= 11 is 0. The summed E-state index contributed by atoms with van der Waals surface area (Å²) in [6.07, 6.45) is 0.963. The van der Waals surface area contributed by atoms with Crippen LogP contribution in [-0.2, 0) is 9.53 Å². The lowest BCUT2D eigenvalue weighted by molar-refractivity contribution is -0.147. The van der Waals surface area contributed by atoms with Crippen molar-refractivity contribution >= 4 is 12.0 Å². The molecule has 1 aliphatic heterocycles. The van der Waals surface area contributed by atoms with E-state index < -0.39 is 23.2 Å². The molecule has 1 aromatic rings. The third kappa shape index (κ3) is 6.44. The molecule has 7 heteroatoms. The van der Waals surface area contributed by atoms with Crippen molar-refractivity contribution in [3.63, 3.8) is 0 Å². The summed E-state index contributed by atoms with van der Waals surface area (Å²) in [7, 11) is 0. The molecule has 2 amide bonds. The maximum atomic E-state index is 13.0. The van der Waals surface area contributed by atoms with Gasteiger partial charge in [0.15, 0.2) is 0 Å². The Morgan fingerprint density at radius 3 is 2.52 bits per heavy atom. The van der Waals surface area contributed by atoms with Gasteiger partial charge in [-0.25, -0.2) is 4.79 Å². The zero-order valence-corrected chi connectivity index (χ0v) is 17.9. The Labute approximate surface area is 173 Å². The summed E-state index contributed by atoms with van der Waals surface area (Å²) in [6, 6.07) is 8.89. The number of amides is 2. The maximum absolute atomic E-state index is 13.0. The van der Waals surface area contributed by atoms with Crippen molar-refractivity contribution in [1.82, 2.24) is 10.2 Å².